The number of fused-ring (bicyclic) bond motifs is 1. The molecule has 0 saturated carbocycles. The van der Waals surface area contributed by atoms with Crippen molar-refractivity contribution in [1.29, 1.82) is 0 Å². The lowest BCUT2D eigenvalue weighted by atomic mass is 9.99. The summed E-state index contributed by atoms with van der Waals surface area (Å²) in [6, 6.07) is 15.5. The lowest BCUT2D eigenvalue weighted by molar-refractivity contribution is 0.323. The maximum atomic E-state index is 7.00. The van der Waals surface area contributed by atoms with Crippen LogP contribution in [0.2, 0.25) is 0 Å². The van der Waals surface area contributed by atoms with Crippen molar-refractivity contribution in [2.24, 2.45) is 0 Å². The normalized spacial score (nSPS) is 11.2. The predicted octanol–water partition coefficient (Wildman–Crippen LogP) is 5.77. The average molecular weight is 340 g/mol. The molecule has 0 aliphatic rings. The van der Waals surface area contributed by atoms with Gasteiger partial charge in [-0.25, -0.2) is 0 Å². The standard InChI is InChI=1S/C14H17N.C8H12.CH4O/c1-11(15(2)3)13-10-6-8-12-7-4-5-9-14(12)13;1-4-5-6-7-8(2)3;1-2/h4-11H,1-3H3;4-7H,1H2,2-3H3;2H,1H3/b;6-5-;/t11-;;/m0../s1. The monoisotopic (exact) mass is 339 g/mol. The van der Waals surface area contributed by atoms with Gasteiger partial charge in [0.15, 0.2) is 0 Å². The Morgan fingerprint density at radius 1 is 1.00 bits per heavy atom. The van der Waals surface area contributed by atoms with Gasteiger partial charge >= 0.3 is 0 Å². The Bertz CT molecular complexity index is 674. The second-order valence-electron chi connectivity index (χ2n) is 6.07. The van der Waals surface area contributed by atoms with Crippen LogP contribution in [0.4, 0.5) is 0 Å². The first-order chi connectivity index (χ1) is 12.0. The maximum Gasteiger partial charge on any atom is 0.0319 e. The second kappa shape index (κ2) is 13.2. The quantitative estimate of drug-likeness (QED) is 0.715. The van der Waals surface area contributed by atoms with Gasteiger partial charge in [-0.15, -0.1) is 0 Å². The Morgan fingerprint density at radius 3 is 2.16 bits per heavy atom. The van der Waals surface area contributed by atoms with Gasteiger partial charge in [-0.2, -0.15) is 0 Å². The predicted molar refractivity (Wildman–Crippen MR) is 113 cm³/mol. The molecule has 0 unspecified atom stereocenters. The number of nitrogens with zero attached hydrogens (tertiary/aromatic N) is 1. The molecule has 0 radical (unpaired) electrons. The highest BCUT2D eigenvalue weighted by Gasteiger charge is 2.10. The van der Waals surface area contributed by atoms with Crippen molar-refractivity contribution in [3.8, 4) is 0 Å². The van der Waals surface area contributed by atoms with E-state index in [1.165, 1.54) is 21.9 Å². The molecular weight excluding hydrogens is 306 g/mol. The fraction of sp³-hybridized carbons (Fsp3) is 0.304. The van der Waals surface area contributed by atoms with Crippen molar-refractivity contribution in [3.05, 3.63) is 84.5 Å². The number of hydrogen-bond donors (Lipinski definition) is 1. The summed E-state index contributed by atoms with van der Waals surface area (Å²) in [5.74, 6) is 0. The summed E-state index contributed by atoms with van der Waals surface area (Å²) in [4.78, 5) is 2.24. The summed E-state index contributed by atoms with van der Waals surface area (Å²) in [7, 11) is 5.24. The summed E-state index contributed by atoms with van der Waals surface area (Å²) < 4.78 is 0. The molecule has 0 aliphatic heterocycles. The van der Waals surface area contributed by atoms with E-state index in [1.807, 2.05) is 18.2 Å². The minimum absolute atomic E-state index is 0.455. The number of aliphatic hydroxyl groups excluding tert-OH is 1. The Balaban J connectivity index is 0.000000493. The lowest BCUT2D eigenvalue weighted by Gasteiger charge is -2.21. The van der Waals surface area contributed by atoms with Gasteiger partial charge in [-0.1, -0.05) is 78.9 Å². The smallest absolute Gasteiger partial charge is 0.0319 e. The van der Waals surface area contributed by atoms with Gasteiger partial charge in [0.2, 0.25) is 0 Å². The first kappa shape index (κ1) is 22.8. The zero-order chi connectivity index (χ0) is 19.2. The Labute approximate surface area is 153 Å². The van der Waals surface area contributed by atoms with Crippen molar-refractivity contribution in [3.63, 3.8) is 0 Å². The van der Waals surface area contributed by atoms with E-state index < -0.39 is 0 Å². The second-order valence-corrected chi connectivity index (χ2v) is 6.07. The fourth-order valence-corrected chi connectivity index (χ4v) is 2.22. The van der Waals surface area contributed by atoms with Crippen LogP contribution in [0.25, 0.3) is 10.8 Å². The number of allylic oxidation sites excluding steroid dienone is 5. The molecule has 0 heterocycles. The fourth-order valence-electron chi connectivity index (χ4n) is 2.22. The molecule has 0 spiro atoms. The zero-order valence-corrected chi connectivity index (χ0v) is 16.5. The zero-order valence-electron chi connectivity index (χ0n) is 16.5. The van der Waals surface area contributed by atoms with Crippen LogP contribution in [0.1, 0.15) is 32.4 Å². The highest BCUT2D eigenvalue weighted by atomic mass is 16.2. The van der Waals surface area contributed by atoms with Crippen LogP contribution in [0.3, 0.4) is 0 Å². The average Bonchev–Trinajstić information content (AvgIpc) is 2.63. The van der Waals surface area contributed by atoms with Crippen molar-refractivity contribution in [2.45, 2.75) is 26.8 Å². The molecule has 136 valence electrons. The minimum atomic E-state index is 0.455. The van der Waals surface area contributed by atoms with Crippen molar-refractivity contribution in [2.75, 3.05) is 21.2 Å². The Morgan fingerprint density at radius 2 is 1.60 bits per heavy atom. The molecule has 0 amide bonds. The van der Waals surface area contributed by atoms with Gasteiger partial charge in [0.1, 0.15) is 0 Å². The molecule has 0 aliphatic carbocycles. The summed E-state index contributed by atoms with van der Waals surface area (Å²) in [5.41, 5.74) is 2.71. The third kappa shape index (κ3) is 8.48. The highest BCUT2D eigenvalue weighted by molar-refractivity contribution is 5.86. The molecule has 1 atom stereocenters. The number of aliphatic hydroxyl groups is 1. The van der Waals surface area contributed by atoms with Crippen LogP contribution in [0.15, 0.2) is 78.9 Å². The lowest BCUT2D eigenvalue weighted by Crippen LogP contribution is -2.16. The summed E-state index contributed by atoms with van der Waals surface area (Å²) >= 11 is 0. The topological polar surface area (TPSA) is 23.5 Å². The van der Waals surface area contributed by atoms with Crippen LogP contribution < -0.4 is 0 Å². The van der Waals surface area contributed by atoms with E-state index in [9.17, 15) is 0 Å². The van der Waals surface area contributed by atoms with Crippen LogP contribution >= 0.6 is 0 Å². The van der Waals surface area contributed by atoms with Crippen molar-refractivity contribution in [1.82, 2.24) is 4.90 Å². The largest absolute Gasteiger partial charge is 0.400 e. The molecular formula is C23H33NO. The maximum absolute atomic E-state index is 7.00. The van der Waals surface area contributed by atoms with E-state index in [4.69, 9.17) is 5.11 Å². The van der Waals surface area contributed by atoms with E-state index in [-0.39, 0.29) is 0 Å². The summed E-state index contributed by atoms with van der Waals surface area (Å²) in [5, 5.41) is 9.69. The molecule has 2 nitrogen and oxygen atoms in total. The van der Waals surface area contributed by atoms with Crippen LogP contribution in [0, 0.1) is 0 Å². The van der Waals surface area contributed by atoms with Gasteiger partial charge < -0.3 is 10.0 Å². The summed E-state index contributed by atoms with van der Waals surface area (Å²) in [6.07, 6.45) is 7.69. The first-order valence-corrected chi connectivity index (χ1v) is 8.48. The van der Waals surface area contributed by atoms with Gasteiger partial charge in [0.05, 0.1) is 0 Å². The van der Waals surface area contributed by atoms with Gasteiger partial charge in [0, 0.05) is 13.2 Å². The number of benzene rings is 2. The molecule has 2 rings (SSSR count). The molecule has 2 aromatic rings. The molecule has 0 aromatic heterocycles. The van der Waals surface area contributed by atoms with Gasteiger partial charge in [0.25, 0.3) is 0 Å². The first-order valence-electron chi connectivity index (χ1n) is 8.48. The third-order valence-electron chi connectivity index (χ3n) is 3.72. The molecule has 0 bridgehead atoms. The number of rotatable bonds is 4. The van der Waals surface area contributed by atoms with E-state index in [0.29, 0.717) is 6.04 Å². The van der Waals surface area contributed by atoms with Crippen LogP contribution in [-0.2, 0) is 0 Å². The molecule has 1 N–H and O–H groups in total. The number of hydrogen-bond acceptors (Lipinski definition) is 2. The summed E-state index contributed by atoms with van der Waals surface area (Å²) in [6.45, 7) is 9.91. The van der Waals surface area contributed by atoms with Crippen molar-refractivity contribution >= 4 is 10.8 Å². The molecule has 0 saturated heterocycles. The van der Waals surface area contributed by atoms with E-state index in [2.05, 4.69) is 88.8 Å². The third-order valence-corrected chi connectivity index (χ3v) is 3.72. The SMILES string of the molecule is C=C/C=C\C=C(C)C.CO.C[C@@H](c1cccc2ccccc12)N(C)C. The van der Waals surface area contributed by atoms with Gasteiger partial charge in [-0.05, 0) is 51.2 Å². The van der Waals surface area contributed by atoms with E-state index in [0.717, 1.165) is 7.11 Å². The molecule has 25 heavy (non-hydrogen) atoms. The van der Waals surface area contributed by atoms with E-state index >= 15 is 0 Å². The Hall–Kier alpha value is -2.16. The van der Waals surface area contributed by atoms with Crippen LogP contribution in [-0.4, -0.2) is 31.2 Å². The van der Waals surface area contributed by atoms with Crippen molar-refractivity contribution < 1.29 is 5.11 Å². The Kier molecular flexibility index (Phi) is 12.0. The molecule has 2 aromatic carbocycles. The molecule has 0 fully saturated rings. The molecule has 2 heteroatoms. The van der Waals surface area contributed by atoms with Crippen LogP contribution in [0.5, 0.6) is 0 Å². The van der Waals surface area contributed by atoms with E-state index in [1.54, 1.807) is 6.08 Å². The van der Waals surface area contributed by atoms with Gasteiger partial charge in [-0.3, -0.25) is 0 Å². The minimum Gasteiger partial charge on any atom is -0.400 e. The highest BCUT2D eigenvalue weighted by Crippen LogP contribution is 2.26.